The molecular formula is C19H21N3O3S. The molecule has 6 nitrogen and oxygen atoms in total. The second-order valence-electron chi connectivity index (χ2n) is 6.86. The van der Waals surface area contributed by atoms with Crippen LogP contribution in [0.15, 0.2) is 52.4 Å². The number of benzene rings is 1. The van der Waals surface area contributed by atoms with E-state index in [9.17, 15) is 4.79 Å². The number of fused-ring (bicyclic) bond motifs is 1. The molecule has 2 aromatic heterocycles. The van der Waals surface area contributed by atoms with Gasteiger partial charge in [-0.3, -0.25) is 9.93 Å². The van der Waals surface area contributed by atoms with Crippen molar-refractivity contribution in [3.05, 3.63) is 53.1 Å². The summed E-state index contributed by atoms with van der Waals surface area (Å²) in [5.41, 5.74) is 2.66. The van der Waals surface area contributed by atoms with E-state index in [-0.39, 0.29) is 11.7 Å². The van der Waals surface area contributed by atoms with Gasteiger partial charge in [-0.05, 0) is 49.6 Å². The van der Waals surface area contributed by atoms with Crippen molar-refractivity contribution in [2.45, 2.75) is 37.2 Å². The Hall–Kier alpha value is -2.06. The van der Waals surface area contributed by atoms with Crippen LogP contribution in [0.1, 0.15) is 13.8 Å². The number of hydrogen-bond acceptors (Lipinski definition) is 5. The van der Waals surface area contributed by atoms with Crippen molar-refractivity contribution in [2.24, 2.45) is 5.14 Å². The molecule has 0 amide bonds. The van der Waals surface area contributed by atoms with E-state index in [0.29, 0.717) is 18.5 Å². The lowest BCUT2D eigenvalue weighted by molar-refractivity contribution is -0.139. The first kappa shape index (κ1) is 17.4. The monoisotopic (exact) mass is 371 g/mol. The summed E-state index contributed by atoms with van der Waals surface area (Å²) in [6, 6.07) is 9.80. The van der Waals surface area contributed by atoms with E-state index < -0.39 is 5.79 Å². The van der Waals surface area contributed by atoms with Crippen LogP contribution in [0.25, 0.3) is 22.0 Å². The van der Waals surface area contributed by atoms with Crippen LogP contribution in [0.4, 0.5) is 0 Å². The summed E-state index contributed by atoms with van der Waals surface area (Å²) < 4.78 is 13.7. The molecule has 4 rings (SSSR count). The lowest BCUT2D eigenvalue weighted by Gasteiger charge is -2.17. The summed E-state index contributed by atoms with van der Waals surface area (Å²) in [5, 5.41) is 6.28. The highest BCUT2D eigenvalue weighted by Crippen LogP contribution is 2.31. The molecule has 0 saturated carbocycles. The fraction of sp³-hybridized carbons (Fsp3) is 0.316. The first-order chi connectivity index (χ1) is 12.5. The average Bonchev–Trinajstić information content (AvgIpc) is 3.16. The van der Waals surface area contributed by atoms with Crippen molar-refractivity contribution < 1.29 is 9.47 Å². The highest BCUT2D eigenvalue weighted by Gasteiger charge is 2.33. The normalized spacial score (nSPS) is 19.3. The molecule has 0 aliphatic carbocycles. The zero-order chi connectivity index (χ0) is 18.3. The van der Waals surface area contributed by atoms with E-state index in [1.165, 1.54) is 11.9 Å². The molecule has 7 heteroatoms. The number of aromatic nitrogens is 2. The quantitative estimate of drug-likeness (QED) is 0.689. The molecule has 1 aliphatic rings. The van der Waals surface area contributed by atoms with Gasteiger partial charge in [0.15, 0.2) is 5.79 Å². The number of nitrogens with two attached hydrogens (primary N) is 1. The Morgan fingerprint density at radius 3 is 2.73 bits per heavy atom. The van der Waals surface area contributed by atoms with Gasteiger partial charge in [-0.1, -0.05) is 12.1 Å². The maximum atomic E-state index is 12.5. The summed E-state index contributed by atoms with van der Waals surface area (Å²) in [7, 11) is 0. The van der Waals surface area contributed by atoms with Crippen molar-refractivity contribution >= 4 is 22.9 Å². The number of ether oxygens (including phenoxy) is 2. The number of nitrogens with zero attached hydrogens (tertiary/aromatic N) is 1. The number of nitrogens with one attached hydrogen (secondary N) is 1. The van der Waals surface area contributed by atoms with Crippen LogP contribution in [0.3, 0.4) is 0 Å². The zero-order valence-electron chi connectivity index (χ0n) is 14.7. The highest BCUT2D eigenvalue weighted by atomic mass is 32.2. The Balaban J connectivity index is 1.77. The first-order valence-corrected chi connectivity index (χ1v) is 9.34. The number of pyridine rings is 1. The molecule has 1 fully saturated rings. The molecule has 3 N–H and O–H groups in total. The third-order valence-electron chi connectivity index (χ3n) is 4.57. The lowest BCUT2D eigenvalue weighted by Crippen LogP contribution is -2.24. The molecular weight excluding hydrogens is 350 g/mol. The average molecular weight is 371 g/mol. The second kappa shape index (κ2) is 6.59. The number of hydrogen-bond donors (Lipinski definition) is 2. The minimum atomic E-state index is -0.566. The van der Waals surface area contributed by atoms with Crippen LogP contribution >= 0.6 is 11.9 Å². The van der Waals surface area contributed by atoms with Crippen molar-refractivity contribution in [3.63, 3.8) is 0 Å². The highest BCUT2D eigenvalue weighted by molar-refractivity contribution is 7.97. The topological polar surface area (TPSA) is 82.3 Å². The summed E-state index contributed by atoms with van der Waals surface area (Å²) in [6.07, 6.45) is 3.64. The van der Waals surface area contributed by atoms with Crippen molar-refractivity contribution in [2.75, 3.05) is 6.61 Å². The van der Waals surface area contributed by atoms with E-state index in [1.807, 2.05) is 50.4 Å². The van der Waals surface area contributed by atoms with Crippen molar-refractivity contribution in [3.8, 4) is 11.1 Å². The van der Waals surface area contributed by atoms with Gasteiger partial charge in [-0.2, -0.15) is 0 Å². The lowest BCUT2D eigenvalue weighted by atomic mass is 10.1. The van der Waals surface area contributed by atoms with Gasteiger partial charge in [0.2, 0.25) is 0 Å². The van der Waals surface area contributed by atoms with E-state index in [0.717, 1.165) is 21.5 Å². The summed E-state index contributed by atoms with van der Waals surface area (Å²) in [6.45, 7) is 4.98. The van der Waals surface area contributed by atoms with Gasteiger partial charge in [-0.25, -0.2) is 0 Å². The molecule has 1 aromatic carbocycles. The largest absolute Gasteiger partial charge is 0.348 e. The molecule has 0 spiro atoms. The molecule has 0 bridgehead atoms. The van der Waals surface area contributed by atoms with Crippen LogP contribution in [0, 0.1) is 0 Å². The maximum absolute atomic E-state index is 12.5. The molecule has 1 aliphatic heterocycles. The van der Waals surface area contributed by atoms with Gasteiger partial charge < -0.3 is 19.0 Å². The van der Waals surface area contributed by atoms with Gasteiger partial charge in [0.25, 0.3) is 5.56 Å². The van der Waals surface area contributed by atoms with Gasteiger partial charge in [0.05, 0.1) is 24.1 Å². The molecule has 26 heavy (non-hydrogen) atoms. The predicted octanol–water partition coefficient (Wildman–Crippen LogP) is 3.11. The van der Waals surface area contributed by atoms with E-state index in [4.69, 9.17) is 14.6 Å². The minimum absolute atomic E-state index is 0.0521. The summed E-state index contributed by atoms with van der Waals surface area (Å²) in [5.74, 6) is -0.566. The fourth-order valence-electron chi connectivity index (χ4n) is 3.41. The summed E-state index contributed by atoms with van der Waals surface area (Å²) >= 11 is 1.20. The van der Waals surface area contributed by atoms with Gasteiger partial charge in [0.1, 0.15) is 6.10 Å². The number of aromatic amines is 1. The van der Waals surface area contributed by atoms with Crippen LogP contribution in [-0.2, 0) is 16.0 Å². The van der Waals surface area contributed by atoms with Crippen molar-refractivity contribution in [1.82, 2.24) is 9.55 Å². The van der Waals surface area contributed by atoms with Crippen LogP contribution in [0.2, 0.25) is 0 Å². The van der Waals surface area contributed by atoms with E-state index >= 15 is 0 Å². The third-order valence-corrected chi connectivity index (χ3v) is 5.12. The molecule has 0 radical (unpaired) electrons. The molecule has 1 atom stereocenters. The van der Waals surface area contributed by atoms with Crippen molar-refractivity contribution in [1.29, 1.82) is 0 Å². The van der Waals surface area contributed by atoms with E-state index in [2.05, 4.69) is 9.55 Å². The maximum Gasteiger partial charge on any atom is 0.258 e. The van der Waals surface area contributed by atoms with Gasteiger partial charge >= 0.3 is 0 Å². The Morgan fingerprint density at radius 2 is 2.08 bits per heavy atom. The zero-order valence-corrected chi connectivity index (χ0v) is 15.5. The number of H-pyrrole nitrogens is 1. The standard InChI is InChI=1S/C19H21N3O3S/c1-19(2)24-11-13(25-19)9-22-10-15(12-3-5-14(26-20)6-4-12)17-16(22)7-8-21-18(17)23/h3-8,10,13H,9,11,20H2,1-2H3,(H,21,23). The molecule has 3 heterocycles. The fourth-order valence-corrected chi connectivity index (χ4v) is 3.71. The SMILES string of the molecule is CC1(C)OCC(Cn2cc(-c3ccc(SN)cc3)c3c(=O)[nH]ccc32)O1. The second-order valence-corrected chi connectivity index (χ2v) is 7.56. The number of rotatable bonds is 4. The van der Waals surface area contributed by atoms with Crippen LogP contribution in [0.5, 0.6) is 0 Å². The van der Waals surface area contributed by atoms with Gasteiger partial charge in [0, 0.05) is 22.9 Å². The minimum Gasteiger partial charge on any atom is -0.348 e. The van der Waals surface area contributed by atoms with Crippen LogP contribution in [-0.4, -0.2) is 28.0 Å². The van der Waals surface area contributed by atoms with E-state index in [1.54, 1.807) is 6.20 Å². The Morgan fingerprint density at radius 1 is 1.31 bits per heavy atom. The summed E-state index contributed by atoms with van der Waals surface area (Å²) in [4.78, 5) is 16.3. The Bertz CT molecular complexity index is 991. The third kappa shape index (κ3) is 3.19. The molecule has 3 aromatic rings. The smallest absolute Gasteiger partial charge is 0.258 e. The Labute approximate surface area is 155 Å². The predicted molar refractivity (Wildman–Crippen MR) is 103 cm³/mol. The first-order valence-electron chi connectivity index (χ1n) is 8.46. The molecule has 136 valence electrons. The molecule has 1 saturated heterocycles. The van der Waals surface area contributed by atoms with Crippen LogP contribution < -0.4 is 10.7 Å². The van der Waals surface area contributed by atoms with Gasteiger partial charge in [-0.15, -0.1) is 0 Å². The Kier molecular flexibility index (Phi) is 4.40. The molecule has 1 unspecified atom stereocenters.